The van der Waals surface area contributed by atoms with Crippen molar-refractivity contribution in [1.82, 2.24) is 4.98 Å². The van der Waals surface area contributed by atoms with E-state index < -0.39 is 5.97 Å². The lowest BCUT2D eigenvalue weighted by atomic mass is 10.3. The number of carboxylic acid groups (broad SMARTS) is 1. The molecular weight excluding hydrogens is 258 g/mol. The highest BCUT2D eigenvalue weighted by Crippen LogP contribution is 2.30. The first kappa shape index (κ1) is 12.2. The summed E-state index contributed by atoms with van der Waals surface area (Å²) >= 11 is 2.90. The zero-order chi connectivity index (χ0) is 12.4. The van der Waals surface area contributed by atoms with E-state index in [9.17, 15) is 4.79 Å². The number of hydrogen-bond donors (Lipinski definition) is 1. The Morgan fingerprint density at radius 3 is 2.82 bits per heavy atom. The summed E-state index contributed by atoms with van der Waals surface area (Å²) in [5.74, 6) is -0.909. The Morgan fingerprint density at radius 1 is 1.47 bits per heavy atom. The van der Waals surface area contributed by atoms with Crippen molar-refractivity contribution in [2.75, 3.05) is 7.11 Å². The maximum Gasteiger partial charge on any atom is 0.336 e. The predicted octanol–water partition coefficient (Wildman–Crippen LogP) is 3.28. The third-order valence-corrected chi connectivity index (χ3v) is 4.28. The first-order valence-corrected chi connectivity index (χ1v) is 6.68. The number of nitrogens with zero attached hydrogens (tertiary/aromatic N) is 1. The number of thiazole rings is 1. The maximum atomic E-state index is 10.8. The number of ether oxygens (including phenoxy) is 1. The molecule has 0 radical (unpaired) electrons. The topological polar surface area (TPSA) is 59.4 Å². The van der Waals surface area contributed by atoms with Gasteiger partial charge in [-0.15, -0.1) is 22.7 Å². The van der Waals surface area contributed by atoms with Gasteiger partial charge < -0.3 is 9.84 Å². The van der Waals surface area contributed by atoms with Crippen LogP contribution in [0, 0.1) is 0 Å². The summed E-state index contributed by atoms with van der Waals surface area (Å²) in [5, 5.41) is 13.3. The van der Waals surface area contributed by atoms with Crippen molar-refractivity contribution in [3.8, 4) is 10.6 Å². The number of aromatic carboxylic acids is 1. The molecule has 0 aromatic carbocycles. The van der Waals surface area contributed by atoms with Crippen LogP contribution >= 0.6 is 22.7 Å². The van der Waals surface area contributed by atoms with E-state index in [0.29, 0.717) is 5.56 Å². The molecule has 0 saturated heterocycles. The lowest BCUT2D eigenvalue weighted by Crippen LogP contribution is -1.94. The van der Waals surface area contributed by atoms with Crippen LogP contribution in [0.3, 0.4) is 0 Å². The van der Waals surface area contributed by atoms with Gasteiger partial charge in [-0.25, -0.2) is 9.78 Å². The quantitative estimate of drug-likeness (QED) is 0.925. The Bertz CT molecular complexity index is 532. The van der Waals surface area contributed by atoms with Crippen molar-refractivity contribution >= 4 is 28.6 Å². The highest BCUT2D eigenvalue weighted by Gasteiger charge is 2.13. The van der Waals surface area contributed by atoms with Crippen LogP contribution in [0.5, 0.6) is 0 Å². The molecule has 1 N–H and O–H groups in total. The van der Waals surface area contributed by atoms with Gasteiger partial charge in [0.25, 0.3) is 0 Å². The molecule has 2 heterocycles. The second-order valence-electron chi connectivity index (χ2n) is 3.45. The van der Waals surface area contributed by atoms with Gasteiger partial charge in [0.1, 0.15) is 11.1 Å². The standard InChI is InChI=1S/C11H11NO3S2/c1-6(15-2)10-12-8(5-17-10)9-3-7(4-16-9)11(13)14/h3-6H,1-2H3,(H,13,14). The first-order chi connectivity index (χ1) is 8.11. The SMILES string of the molecule is COC(C)c1nc(-c2cc(C(=O)O)cs2)cs1. The number of hydrogen-bond acceptors (Lipinski definition) is 5. The number of aromatic nitrogens is 1. The molecule has 0 bridgehead atoms. The fourth-order valence-electron chi connectivity index (χ4n) is 1.27. The van der Waals surface area contributed by atoms with Crippen LogP contribution in [-0.2, 0) is 4.74 Å². The van der Waals surface area contributed by atoms with E-state index in [2.05, 4.69) is 4.98 Å². The summed E-state index contributed by atoms with van der Waals surface area (Å²) in [6.45, 7) is 1.93. The molecule has 2 rings (SSSR count). The van der Waals surface area contributed by atoms with Gasteiger partial charge >= 0.3 is 5.97 Å². The van der Waals surface area contributed by atoms with Crippen molar-refractivity contribution in [2.24, 2.45) is 0 Å². The average molecular weight is 269 g/mol. The molecule has 0 aliphatic carbocycles. The van der Waals surface area contributed by atoms with Gasteiger partial charge in [0.05, 0.1) is 16.1 Å². The summed E-state index contributed by atoms with van der Waals surface area (Å²) in [6, 6.07) is 1.64. The number of thiophene rings is 1. The summed E-state index contributed by atoms with van der Waals surface area (Å²) in [4.78, 5) is 16.1. The summed E-state index contributed by atoms with van der Waals surface area (Å²) in [7, 11) is 1.64. The van der Waals surface area contributed by atoms with E-state index in [1.54, 1.807) is 18.6 Å². The van der Waals surface area contributed by atoms with Crippen molar-refractivity contribution in [3.63, 3.8) is 0 Å². The molecule has 0 fully saturated rings. The normalized spacial score (nSPS) is 12.6. The fraction of sp³-hybridized carbons (Fsp3) is 0.273. The molecule has 6 heteroatoms. The van der Waals surface area contributed by atoms with E-state index in [4.69, 9.17) is 9.84 Å². The molecular formula is C11H11NO3S2. The van der Waals surface area contributed by atoms with E-state index in [0.717, 1.165) is 15.6 Å². The number of carboxylic acids is 1. The number of methoxy groups -OCH3 is 1. The Balaban J connectivity index is 2.27. The van der Waals surface area contributed by atoms with Gasteiger partial charge in [-0.2, -0.15) is 0 Å². The highest BCUT2D eigenvalue weighted by molar-refractivity contribution is 7.14. The number of carbonyl (C=O) groups is 1. The van der Waals surface area contributed by atoms with Crippen LogP contribution < -0.4 is 0 Å². The molecule has 0 spiro atoms. The van der Waals surface area contributed by atoms with Crippen LogP contribution in [0.4, 0.5) is 0 Å². The third kappa shape index (κ3) is 2.54. The molecule has 2 aromatic rings. The molecule has 0 aliphatic heterocycles. The second-order valence-corrected chi connectivity index (χ2v) is 5.25. The van der Waals surface area contributed by atoms with E-state index in [-0.39, 0.29) is 6.10 Å². The molecule has 1 unspecified atom stereocenters. The van der Waals surface area contributed by atoms with Crippen molar-refractivity contribution in [1.29, 1.82) is 0 Å². The Labute approximate surface area is 107 Å². The van der Waals surface area contributed by atoms with Crippen LogP contribution in [0.2, 0.25) is 0 Å². The predicted molar refractivity (Wildman–Crippen MR) is 67.8 cm³/mol. The summed E-state index contributed by atoms with van der Waals surface area (Å²) in [5.41, 5.74) is 1.12. The third-order valence-electron chi connectivity index (χ3n) is 2.32. The van der Waals surface area contributed by atoms with E-state index >= 15 is 0 Å². The zero-order valence-corrected chi connectivity index (χ0v) is 11.0. The monoisotopic (exact) mass is 269 g/mol. The van der Waals surface area contributed by atoms with E-state index in [1.165, 1.54) is 22.7 Å². The second kappa shape index (κ2) is 4.95. The van der Waals surface area contributed by atoms with Gasteiger partial charge in [-0.05, 0) is 13.0 Å². The Hall–Kier alpha value is -1.24. The maximum absolute atomic E-state index is 10.8. The van der Waals surface area contributed by atoms with Gasteiger partial charge in [0.2, 0.25) is 0 Å². The molecule has 0 saturated carbocycles. The van der Waals surface area contributed by atoms with Crippen LogP contribution in [-0.4, -0.2) is 23.2 Å². The van der Waals surface area contributed by atoms with Crippen molar-refractivity contribution in [3.05, 3.63) is 27.4 Å². The van der Waals surface area contributed by atoms with Gasteiger partial charge in [0.15, 0.2) is 0 Å². The van der Waals surface area contributed by atoms with Gasteiger partial charge in [0, 0.05) is 17.9 Å². The Morgan fingerprint density at radius 2 is 2.24 bits per heavy atom. The largest absolute Gasteiger partial charge is 0.478 e. The minimum Gasteiger partial charge on any atom is -0.478 e. The Kier molecular flexibility index (Phi) is 3.56. The van der Waals surface area contributed by atoms with Crippen molar-refractivity contribution in [2.45, 2.75) is 13.0 Å². The lowest BCUT2D eigenvalue weighted by molar-refractivity contribution is 0.0697. The molecule has 1 atom stereocenters. The minimum absolute atomic E-state index is 0.0346. The van der Waals surface area contributed by atoms with Crippen LogP contribution in [0.1, 0.15) is 28.4 Å². The lowest BCUT2D eigenvalue weighted by Gasteiger charge is -2.03. The van der Waals surface area contributed by atoms with Crippen molar-refractivity contribution < 1.29 is 14.6 Å². The molecule has 90 valence electrons. The summed E-state index contributed by atoms with van der Waals surface area (Å²) in [6.07, 6.45) is -0.0346. The highest BCUT2D eigenvalue weighted by atomic mass is 32.1. The average Bonchev–Trinajstić information content (AvgIpc) is 2.95. The molecule has 0 amide bonds. The van der Waals surface area contributed by atoms with Crippen LogP contribution in [0.15, 0.2) is 16.8 Å². The molecule has 0 aliphatic rings. The minimum atomic E-state index is -0.909. The fourth-order valence-corrected chi connectivity index (χ4v) is 3.04. The summed E-state index contributed by atoms with van der Waals surface area (Å²) < 4.78 is 5.19. The molecule has 17 heavy (non-hydrogen) atoms. The zero-order valence-electron chi connectivity index (χ0n) is 9.34. The van der Waals surface area contributed by atoms with Gasteiger partial charge in [-0.1, -0.05) is 0 Å². The number of rotatable bonds is 4. The smallest absolute Gasteiger partial charge is 0.336 e. The van der Waals surface area contributed by atoms with Crippen LogP contribution in [0.25, 0.3) is 10.6 Å². The molecule has 2 aromatic heterocycles. The molecule has 4 nitrogen and oxygen atoms in total. The first-order valence-electron chi connectivity index (χ1n) is 4.92. The van der Waals surface area contributed by atoms with Gasteiger partial charge in [-0.3, -0.25) is 0 Å². The van der Waals surface area contributed by atoms with E-state index in [1.807, 2.05) is 12.3 Å².